The van der Waals surface area contributed by atoms with Gasteiger partial charge in [-0.15, -0.1) is 0 Å². The zero-order valence-corrected chi connectivity index (χ0v) is 9.11. The van der Waals surface area contributed by atoms with Crippen molar-refractivity contribution >= 4 is 17.3 Å². The molecule has 0 amide bonds. The second kappa shape index (κ2) is 4.45. The lowest BCUT2D eigenvalue weighted by molar-refractivity contribution is 0.0692. The number of benzene rings is 1. The van der Waals surface area contributed by atoms with Crippen LogP contribution in [-0.4, -0.2) is 17.1 Å². The predicted octanol–water partition coefficient (Wildman–Crippen LogP) is 2.24. The molecule has 1 aromatic carbocycles. The van der Waals surface area contributed by atoms with Crippen LogP contribution in [0.4, 0.5) is 15.8 Å². The number of nitrogens with two attached hydrogens (primary N) is 1. The van der Waals surface area contributed by atoms with Gasteiger partial charge < -0.3 is 16.2 Å². The molecule has 0 atom stereocenters. The Hall–Kier alpha value is -2.04. The van der Waals surface area contributed by atoms with Crippen molar-refractivity contribution in [3.05, 3.63) is 35.7 Å². The molecule has 17 heavy (non-hydrogen) atoms. The zero-order chi connectivity index (χ0) is 12.4. The summed E-state index contributed by atoms with van der Waals surface area (Å²) >= 11 is 0. The number of hydrogen-bond donors (Lipinski definition) is 3. The van der Waals surface area contributed by atoms with Crippen LogP contribution >= 0.6 is 0 Å². The van der Waals surface area contributed by atoms with E-state index in [1.807, 2.05) is 12.2 Å². The predicted molar refractivity (Wildman–Crippen MR) is 63.6 cm³/mol. The van der Waals surface area contributed by atoms with E-state index < -0.39 is 17.3 Å². The van der Waals surface area contributed by atoms with Crippen LogP contribution in [0.25, 0.3) is 0 Å². The van der Waals surface area contributed by atoms with Crippen LogP contribution in [0.3, 0.4) is 0 Å². The Morgan fingerprint density at radius 3 is 2.65 bits per heavy atom. The summed E-state index contributed by atoms with van der Waals surface area (Å²) in [6.07, 6.45) is 5.80. The molecule has 0 saturated carbocycles. The average Bonchev–Trinajstić information content (AvgIpc) is 2.75. The van der Waals surface area contributed by atoms with E-state index in [-0.39, 0.29) is 11.7 Å². The fourth-order valence-corrected chi connectivity index (χ4v) is 1.83. The summed E-state index contributed by atoms with van der Waals surface area (Å²) in [5, 5.41) is 11.8. The van der Waals surface area contributed by atoms with Crippen LogP contribution in [0, 0.1) is 5.82 Å². The molecule has 2 rings (SSSR count). The minimum atomic E-state index is -1.32. The Morgan fingerprint density at radius 1 is 1.41 bits per heavy atom. The normalized spacial score (nSPS) is 15.1. The van der Waals surface area contributed by atoms with E-state index >= 15 is 0 Å². The highest BCUT2D eigenvalue weighted by atomic mass is 19.1. The second-order valence-electron chi connectivity index (χ2n) is 4.01. The summed E-state index contributed by atoms with van der Waals surface area (Å²) in [6.45, 7) is 0. The molecule has 1 aromatic rings. The molecule has 1 aliphatic carbocycles. The average molecular weight is 236 g/mol. The monoisotopic (exact) mass is 236 g/mol. The van der Waals surface area contributed by atoms with Crippen molar-refractivity contribution in [2.45, 2.75) is 18.9 Å². The highest BCUT2D eigenvalue weighted by molar-refractivity contribution is 5.90. The van der Waals surface area contributed by atoms with E-state index in [0.717, 1.165) is 25.0 Å². The lowest BCUT2D eigenvalue weighted by Crippen LogP contribution is -2.17. The van der Waals surface area contributed by atoms with Gasteiger partial charge in [-0.2, -0.15) is 0 Å². The van der Waals surface area contributed by atoms with Crippen molar-refractivity contribution in [1.29, 1.82) is 0 Å². The van der Waals surface area contributed by atoms with Gasteiger partial charge in [-0.1, -0.05) is 12.2 Å². The number of carboxylic acids is 1. The number of rotatable bonds is 3. The Kier molecular flexibility index (Phi) is 2.99. The van der Waals surface area contributed by atoms with Gasteiger partial charge in [0.15, 0.2) is 0 Å². The van der Waals surface area contributed by atoms with E-state index in [1.54, 1.807) is 0 Å². The van der Waals surface area contributed by atoms with Gasteiger partial charge in [0.1, 0.15) is 5.82 Å². The highest BCUT2D eigenvalue weighted by Crippen LogP contribution is 2.26. The SMILES string of the molecule is Nc1cc(C(=O)O)c(F)cc1NC1CC=CC1. The van der Waals surface area contributed by atoms with Gasteiger partial charge in [-0.25, -0.2) is 9.18 Å². The first-order valence-electron chi connectivity index (χ1n) is 5.32. The van der Waals surface area contributed by atoms with Crippen LogP contribution in [0.15, 0.2) is 24.3 Å². The molecule has 0 saturated heterocycles. The summed E-state index contributed by atoms with van der Waals surface area (Å²) in [5.74, 6) is -2.09. The van der Waals surface area contributed by atoms with Crippen molar-refractivity contribution in [2.75, 3.05) is 11.1 Å². The number of carbonyl (C=O) groups is 1. The molecule has 4 N–H and O–H groups in total. The molecule has 5 heteroatoms. The number of nitrogens with one attached hydrogen (secondary N) is 1. The molecular weight excluding hydrogens is 223 g/mol. The third kappa shape index (κ3) is 2.38. The summed E-state index contributed by atoms with van der Waals surface area (Å²) in [6, 6.07) is 2.48. The fourth-order valence-electron chi connectivity index (χ4n) is 1.83. The van der Waals surface area contributed by atoms with E-state index in [1.165, 1.54) is 0 Å². The number of anilines is 2. The van der Waals surface area contributed by atoms with Gasteiger partial charge >= 0.3 is 5.97 Å². The number of halogens is 1. The molecular formula is C12H13FN2O2. The third-order valence-electron chi connectivity index (χ3n) is 2.74. The number of aromatic carboxylic acids is 1. The lowest BCUT2D eigenvalue weighted by atomic mass is 10.1. The summed E-state index contributed by atoms with van der Waals surface area (Å²) < 4.78 is 13.5. The number of carboxylic acid groups (broad SMARTS) is 1. The smallest absolute Gasteiger partial charge is 0.338 e. The molecule has 0 bridgehead atoms. The van der Waals surface area contributed by atoms with Gasteiger partial charge in [-0.05, 0) is 25.0 Å². The van der Waals surface area contributed by atoms with E-state index in [9.17, 15) is 9.18 Å². The highest BCUT2D eigenvalue weighted by Gasteiger charge is 2.16. The largest absolute Gasteiger partial charge is 0.478 e. The maximum absolute atomic E-state index is 13.5. The second-order valence-corrected chi connectivity index (χ2v) is 4.01. The molecule has 90 valence electrons. The van der Waals surface area contributed by atoms with E-state index in [2.05, 4.69) is 5.32 Å². The van der Waals surface area contributed by atoms with Crippen LogP contribution in [0.1, 0.15) is 23.2 Å². The van der Waals surface area contributed by atoms with E-state index in [4.69, 9.17) is 10.8 Å². The topological polar surface area (TPSA) is 75.4 Å². The molecule has 1 aliphatic rings. The van der Waals surface area contributed by atoms with Gasteiger partial charge in [0.05, 0.1) is 16.9 Å². The van der Waals surface area contributed by atoms with Gasteiger partial charge in [0.25, 0.3) is 0 Å². The maximum atomic E-state index is 13.5. The van der Waals surface area contributed by atoms with E-state index in [0.29, 0.717) is 5.69 Å². The molecule has 4 nitrogen and oxygen atoms in total. The van der Waals surface area contributed by atoms with Crippen molar-refractivity contribution < 1.29 is 14.3 Å². The van der Waals surface area contributed by atoms with Crippen LogP contribution in [0.5, 0.6) is 0 Å². The Morgan fingerprint density at radius 2 is 2.06 bits per heavy atom. The first-order valence-corrected chi connectivity index (χ1v) is 5.32. The van der Waals surface area contributed by atoms with Crippen molar-refractivity contribution in [1.82, 2.24) is 0 Å². The Balaban J connectivity index is 2.23. The molecule has 0 unspecified atom stereocenters. The van der Waals surface area contributed by atoms with Crippen molar-refractivity contribution in [3.8, 4) is 0 Å². The first-order chi connectivity index (χ1) is 8.08. The minimum absolute atomic E-state index is 0.201. The number of nitrogen functional groups attached to an aromatic ring is 1. The fraction of sp³-hybridized carbons (Fsp3) is 0.250. The molecule has 0 spiro atoms. The van der Waals surface area contributed by atoms with Crippen LogP contribution in [0.2, 0.25) is 0 Å². The quantitative estimate of drug-likeness (QED) is 0.555. The van der Waals surface area contributed by atoms with Crippen LogP contribution < -0.4 is 11.1 Å². The van der Waals surface area contributed by atoms with Crippen molar-refractivity contribution in [2.24, 2.45) is 0 Å². The summed E-state index contributed by atoms with van der Waals surface area (Å²) in [5.41, 5.74) is 5.98. The lowest BCUT2D eigenvalue weighted by Gasteiger charge is -2.16. The molecule has 0 aromatic heterocycles. The van der Waals surface area contributed by atoms with Gasteiger partial charge in [0, 0.05) is 6.04 Å². The minimum Gasteiger partial charge on any atom is -0.478 e. The zero-order valence-electron chi connectivity index (χ0n) is 9.11. The van der Waals surface area contributed by atoms with Gasteiger partial charge in [-0.3, -0.25) is 0 Å². The van der Waals surface area contributed by atoms with Gasteiger partial charge in [0.2, 0.25) is 0 Å². The van der Waals surface area contributed by atoms with Crippen molar-refractivity contribution in [3.63, 3.8) is 0 Å². The summed E-state index contributed by atoms with van der Waals surface area (Å²) in [7, 11) is 0. The molecule has 0 heterocycles. The molecule has 0 aliphatic heterocycles. The standard InChI is InChI=1S/C12H13FN2O2/c13-9-6-11(15-7-3-1-2-4-7)10(14)5-8(9)12(16)17/h1-2,5-7,15H,3-4,14H2,(H,16,17). The Bertz CT molecular complexity index is 478. The summed E-state index contributed by atoms with van der Waals surface area (Å²) in [4.78, 5) is 10.7. The maximum Gasteiger partial charge on any atom is 0.338 e. The third-order valence-corrected chi connectivity index (χ3v) is 2.74. The number of hydrogen-bond acceptors (Lipinski definition) is 3. The molecule has 0 radical (unpaired) electrons. The van der Waals surface area contributed by atoms with Crippen LogP contribution in [-0.2, 0) is 0 Å². The molecule has 0 fully saturated rings. The Labute approximate surface area is 97.9 Å². The first kappa shape index (κ1) is 11.4.